The maximum absolute atomic E-state index is 14.0. The number of benzene rings is 2. The Hall–Kier alpha value is -4.38. The Balaban J connectivity index is 1.76. The van der Waals surface area contributed by atoms with Gasteiger partial charge in [-0.3, -0.25) is 18.5 Å². The molecule has 11 heteroatoms. The number of aromatic nitrogens is 3. The van der Waals surface area contributed by atoms with Gasteiger partial charge in [0.25, 0.3) is 5.56 Å². The Labute approximate surface area is 227 Å². The normalized spacial score (nSPS) is 15.3. The third kappa shape index (κ3) is 4.28. The molecular weight excluding hydrogens is 520 g/mol. The van der Waals surface area contributed by atoms with E-state index in [1.54, 1.807) is 68.5 Å². The molecule has 202 valence electrons. The number of hydrogen-bond donors (Lipinski definition) is 0. The van der Waals surface area contributed by atoms with E-state index in [2.05, 4.69) is 4.99 Å². The summed E-state index contributed by atoms with van der Waals surface area (Å²) in [6, 6.07) is 9.98. The van der Waals surface area contributed by atoms with Gasteiger partial charge in [-0.05, 0) is 55.8 Å². The van der Waals surface area contributed by atoms with Crippen molar-refractivity contribution >= 4 is 34.4 Å². The third-order valence-electron chi connectivity index (χ3n) is 6.84. The number of methoxy groups -OCH3 is 2. The highest BCUT2D eigenvalue weighted by atomic mass is 32.1. The highest BCUT2D eigenvalue weighted by molar-refractivity contribution is 7.07. The predicted molar refractivity (Wildman–Crippen MR) is 148 cm³/mol. The summed E-state index contributed by atoms with van der Waals surface area (Å²) in [5.41, 5.74) is 3.14. The molecule has 10 nitrogen and oxygen atoms in total. The van der Waals surface area contributed by atoms with Crippen LogP contribution in [-0.2, 0) is 23.6 Å². The van der Waals surface area contributed by atoms with Gasteiger partial charge in [-0.1, -0.05) is 17.4 Å². The lowest BCUT2D eigenvalue weighted by Gasteiger charge is -2.26. The van der Waals surface area contributed by atoms with Crippen LogP contribution in [0.3, 0.4) is 0 Å². The largest absolute Gasteiger partial charge is 0.497 e. The van der Waals surface area contributed by atoms with Gasteiger partial charge in [-0.15, -0.1) is 0 Å². The molecule has 3 heterocycles. The van der Waals surface area contributed by atoms with Crippen LogP contribution in [-0.4, -0.2) is 40.5 Å². The van der Waals surface area contributed by atoms with Gasteiger partial charge in [-0.25, -0.2) is 14.6 Å². The molecule has 1 aliphatic heterocycles. The number of carbonyl (C=O) groups is 1. The molecule has 1 unspecified atom stereocenters. The zero-order valence-electron chi connectivity index (χ0n) is 22.5. The summed E-state index contributed by atoms with van der Waals surface area (Å²) < 4.78 is 21.5. The number of aryl methyl sites for hydroxylation is 2. The van der Waals surface area contributed by atoms with E-state index in [1.807, 2.05) is 18.2 Å². The highest BCUT2D eigenvalue weighted by Crippen LogP contribution is 2.37. The van der Waals surface area contributed by atoms with Gasteiger partial charge in [0.1, 0.15) is 17.5 Å². The van der Waals surface area contributed by atoms with Gasteiger partial charge < -0.3 is 14.2 Å². The molecule has 0 aliphatic carbocycles. The number of fused-ring (bicyclic) bond motifs is 2. The van der Waals surface area contributed by atoms with Gasteiger partial charge in [-0.2, -0.15) is 0 Å². The summed E-state index contributed by atoms with van der Waals surface area (Å²) in [6.45, 7) is 3.63. The van der Waals surface area contributed by atoms with E-state index in [1.165, 1.54) is 23.0 Å². The number of thiazole rings is 1. The molecule has 39 heavy (non-hydrogen) atoms. The first kappa shape index (κ1) is 26.2. The summed E-state index contributed by atoms with van der Waals surface area (Å²) >= 11 is 1.22. The SMILES string of the molecule is CCOC(=O)C1=C(C)N=c2sc(=Cc3ccc4c(c3)n(C)c(=O)n4C)c(=O)n2C1c1cc(OC)ccc1OC. The second-order valence-corrected chi connectivity index (χ2v) is 10.1. The van der Waals surface area contributed by atoms with Crippen molar-refractivity contribution in [2.45, 2.75) is 19.9 Å². The Morgan fingerprint density at radius 1 is 1.05 bits per heavy atom. The number of esters is 1. The first-order chi connectivity index (χ1) is 18.7. The lowest BCUT2D eigenvalue weighted by Crippen LogP contribution is -2.40. The van der Waals surface area contributed by atoms with Gasteiger partial charge >= 0.3 is 11.7 Å². The number of carbonyl (C=O) groups excluding carboxylic acids is 1. The van der Waals surface area contributed by atoms with Crippen molar-refractivity contribution < 1.29 is 19.0 Å². The van der Waals surface area contributed by atoms with E-state index in [-0.39, 0.29) is 23.4 Å². The van der Waals surface area contributed by atoms with E-state index in [0.717, 1.165) is 16.6 Å². The molecule has 0 bridgehead atoms. The number of allylic oxidation sites excluding steroid dienone is 1. The molecule has 0 saturated heterocycles. The highest BCUT2D eigenvalue weighted by Gasteiger charge is 2.35. The van der Waals surface area contributed by atoms with Crippen LogP contribution in [0, 0.1) is 0 Å². The fourth-order valence-corrected chi connectivity index (χ4v) is 5.95. The summed E-state index contributed by atoms with van der Waals surface area (Å²) in [5, 5.41) is 0. The number of hydrogen-bond acceptors (Lipinski definition) is 8. The lowest BCUT2D eigenvalue weighted by atomic mass is 9.94. The van der Waals surface area contributed by atoms with E-state index in [4.69, 9.17) is 14.2 Å². The third-order valence-corrected chi connectivity index (χ3v) is 7.83. The van der Waals surface area contributed by atoms with Gasteiger partial charge in [0.15, 0.2) is 4.80 Å². The Kier molecular flexibility index (Phi) is 6.77. The predicted octanol–water partition coefficient (Wildman–Crippen LogP) is 2.01. The minimum absolute atomic E-state index is 0.129. The van der Waals surface area contributed by atoms with Gasteiger partial charge in [0, 0.05) is 19.7 Å². The van der Waals surface area contributed by atoms with Crippen LogP contribution in [0.15, 0.2) is 62.2 Å². The molecule has 1 aliphatic rings. The first-order valence-electron chi connectivity index (χ1n) is 12.3. The molecule has 2 aromatic carbocycles. The van der Waals surface area contributed by atoms with Gasteiger partial charge in [0.2, 0.25) is 0 Å². The van der Waals surface area contributed by atoms with Crippen LogP contribution >= 0.6 is 11.3 Å². The molecule has 4 aromatic rings. The summed E-state index contributed by atoms with van der Waals surface area (Å²) in [4.78, 5) is 44.6. The van der Waals surface area contributed by atoms with Crippen molar-refractivity contribution in [3.8, 4) is 11.5 Å². The van der Waals surface area contributed by atoms with Crippen molar-refractivity contribution in [2.75, 3.05) is 20.8 Å². The standard InChI is InChI=1S/C28H28N4O6S/c1-7-38-26(34)23-15(2)29-27-32(24(23)18-14-17(36-5)9-11-21(18)37-6)25(33)22(39-27)13-16-8-10-19-20(12-16)31(4)28(35)30(19)3/h8-14,24H,7H2,1-6H3. The number of nitrogens with zero attached hydrogens (tertiary/aromatic N) is 4. The molecule has 1 atom stereocenters. The smallest absolute Gasteiger partial charge is 0.338 e. The topological polar surface area (TPSA) is 106 Å². The van der Waals surface area contributed by atoms with Crippen molar-refractivity contribution in [1.82, 2.24) is 13.7 Å². The minimum Gasteiger partial charge on any atom is -0.497 e. The van der Waals surface area contributed by atoms with Gasteiger partial charge in [0.05, 0.1) is 47.7 Å². The zero-order chi connectivity index (χ0) is 28.0. The van der Waals surface area contributed by atoms with Crippen molar-refractivity contribution in [2.24, 2.45) is 19.1 Å². The van der Waals surface area contributed by atoms with E-state index < -0.39 is 12.0 Å². The maximum Gasteiger partial charge on any atom is 0.338 e. The maximum atomic E-state index is 14.0. The van der Waals surface area contributed by atoms with E-state index >= 15 is 0 Å². The molecular formula is C28H28N4O6S. The van der Waals surface area contributed by atoms with Crippen molar-refractivity contribution in [3.63, 3.8) is 0 Å². The number of imidazole rings is 1. The minimum atomic E-state index is -0.843. The fraction of sp³-hybridized carbons (Fsp3) is 0.286. The fourth-order valence-electron chi connectivity index (χ4n) is 4.90. The first-order valence-corrected chi connectivity index (χ1v) is 13.1. The Bertz CT molecular complexity index is 1910. The average Bonchev–Trinajstić information content (AvgIpc) is 3.34. The van der Waals surface area contributed by atoms with E-state index in [0.29, 0.717) is 32.1 Å². The lowest BCUT2D eigenvalue weighted by molar-refractivity contribution is -0.139. The summed E-state index contributed by atoms with van der Waals surface area (Å²) in [6.07, 6.45) is 1.77. The molecule has 2 aromatic heterocycles. The summed E-state index contributed by atoms with van der Waals surface area (Å²) in [7, 11) is 6.51. The molecule has 0 saturated carbocycles. The van der Waals surface area contributed by atoms with Crippen LogP contribution in [0.4, 0.5) is 0 Å². The molecule has 0 spiro atoms. The molecule has 0 N–H and O–H groups in total. The average molecular weight is 549 g/mol. The molecule has 0 amide bonds. The summed E-state index contributed by atoms with van der Waals surface area (Å²) in [5.74, 6) is 0.480. The Morgan fingerprint density at radius 3 is 2.49 bits per heavy atom. The molecule has 0 radical (unpaired) electrons. The molecule has 0 fully saturated rings. The van der Waals surface area contributed by atoms with E-state index in [9.17, 15) is 14.4 Å². The molecule has 5 rings (SSSR count). The van der Waals surface area contributed by atoms with Crippen LogP contribution < -0.4 is 30.1 Å². The van der Waals surface area contributed by atoms with Crippen LogP contribution in [0.5, 0.6) is 11.5 Å². The second-order valence-electron chi connectivity index (χ2n) is 9.06. The van der Waals surface area contributed by atoms with Crippen LogP contribution in [0.2, 0.25) is 0 Å². The number of rotatable bonds is 6. The zero-order valence-corrected chi connectivity index (χ0v) is 23.3. The van der Waals surface area contributed by atoms with Crippen LogP contribution in [0.25, 0.3) is 17.1 Å². The quantitative estimate of drug-likeness (QED) is 0.342. The second kappa shape index (κ2) is 10.1. The number of ether oxygens (including phenoxy) is 3. The van der Waals surface area contributed by atoms with Crippen LogP contribution in [0.1, 0.15) is 31.0 Å². The van der Waals surface area contributed by atoms with Crippen molar-refractivity contribution in [1.29, 1.82) is 0 Å². The van der Waals surface area contributed by atoms with Crippen molar-refractivity contribution in [3.05, 3.63) is 89.0 Å². The monoisotopic (exact) mass is 548 g/mol. The Morgan fingerprint density at radius 2 is 1.79 bits per heavy atom.